The topological polar surface area (TPSA) is 49.7 Å². The van der Waals surface area contributed by atoms with Gasteiger partial charge in [-0.25, -0.2) is 13.4 Å². The second kappa shape index (κ2) is 6.00. The van der Waals surface area contributed by atoms with E-state index in [0.717, 1.165) is 12.7 Å². The molecule has 0 unspecified atom stereocenters. The van der Waals surface area contributed by atoms with Gasteiger partial charge >= 0.3 is 0 Å². The molecule has 17 heavy (non-hydrogen) atoms. The van der Waals surface area contributed by atoms with Gasteiger partial charge in [-0.1, -0.05) is 25.7 Å². The van der Waals surface area contributed by atoms with Crippen LogP contribution in [0.25, 0.3) is 0 Å². The van der Waals surface area contributed by atoms with Gasteiger partial charge in [0.05, 0.1) is 5.54 Å². The normalized spacial score (nSPS) is 14.1. The molecule has 0 aliphatic carbocycles. The minimum Gasteiger partial charge on any atom is -0.342 e. The van der Waals surface area contributed by atoms with E-state index in [9.17, 15) is 8.42 Å². The number of aliphatic imine (C=N–C) groups is 1. The Morgan fingerprint density at radius 3 is 2.35 bits per heavy atom. The van der Waals surface area contributed by atoms with Crippen molar-refractivity contribution in [3.63, 3.8) is 0 Å². The molecule has 0 aromatic heterocycles. The maximum absolute atomic E-state index is 11.6. The van der Waals surface area contributed by atoms with Crippen molar-refractivity contribution in [3.05, 3.63) is 24.9 Å². The first-order chi connectivity index (χ1) is 7.66. The molecule has 0 saturated heterocycles. The third-order valence-corrected chi connectivity index (χ3v) is 3.49. The summed E-state index contributed by atoms with van der Waals surface area (Å²) < 4.78 is 23.3. The Morgan fingerprint density at radius 1 is 1.47 bits per heavy atom. The molecule has 0 rings (SSSR count). The van der Waals surface area contributed by atoms with Crippen molar-refractivity contribution in [2.24, 2.45) is 4.99 Å². The van der Waals surface area contributed by atoms with E-state index in [0.29, 0.717) is 0 Å². The van der Waals surface area contributed by atoms with E-state index in [1.807, 2.05) is 32.9 Å². The summed E-state index contributed by atoms with van der Waals surface area (Å²) in [6, 6.07) is 0. The Kier molecular flexibility index (Phi) is 5.61. The van der Waals surface area contributed by atoms with Crippen LogP contribution in [0.4, 0.5) is 0 Å². The van der Waals surface area contributed by atoms with E-state index in [1.54, 1.807) is 11.9 Å². The first-order valence-electron chi connectivity index (χ1n) is 5.47. The predicted octanol–water partition coefficient (Wildman–Crippen LogP) is 2.21. The number of amidine groups is 1. The smallest absolute Gasteiger partial charge is 0.223 e. The highest BCUT2D eigenvalue weighted by Gasteiger charge is 2.28. The molecule has 0 aromatic carbocycles. The molecular weight excluding hydrogens is 236 g/mol. The maximum Gasteiger partial charge on any atom is 0.223 e. The molecule has 0 heterocycles. The number of allylic oxidation sites excluding steroid dienone is 1. The number of rotatable bonds is 4. The van der Waals surface area contributed by atoms with E-state index in [4.69, 9.17) is 0 Å². The van der Waals surface area contributed by atoms with Gasteiger partial charge in [-0.3, -0.25) is 0 Å². The average molecular weight is 258 g/mol. The molecule has 0 N–H and O–H groups in total. The Bertz CT molecular complexity index is 420. The minimum atomic E-state index is -3.36. The van der Waals surface area contributed by atoms with Crippen molar-refractivity contribution in [3.8, 4) is 0 Å². The van der Waals surface area contributed by atoms with Crippen LogP contribution in [0.1, 0.15) is 27.2 Å². The summed E-state index contributed by atoms with van der Waals surface area (Å²) in [5, 5.41) is 0.0262. The van der Waals surface area contributed by atoms with Crippen molar-refractivity contribution in [2.75, 3.05) is 13.3 Å². The van der Waals surface area contributed by atoms with Gasteiger partial charge in [-0.05, 0) is 20.3 Å². The first-order valence-corrected chi connectivity index (χ1v) is 7.36. The summed E-state index contributed by atoms with van der Waals surface area (Å²) in [5.41, 5.74) is -0.416. The Morgan fingerprint density at radius 2 is 2.00 bits per heavy atom. The predicted molar refractivity (Wildman–Crippen MR) is 73.7 cm³/mol. The van der Waals surface area contributed by atoms with Crippen LogP contribution in [0.2, 0.25) is 0 Å². The third-order valence-electron chi connectivity index (χ3n) is 2.45. The number of likely N-dealkylation sites (N-methyl/N-ethyl adjacent to an activating group) is 1. The largest absolute Gasteiger partial charge is 0.342 e. The van der Waals surface area contributed by atoms with Crippen LogP contribution in [0.5, 0.6) is 0 Å². The summed E-state index contributed by atoms with van der Waals surface area (Å²) in [7, 11) is -1.65. The first kappa shape index (κ1) is 15.9. The Labute approximate surface area is 105 Å². The quantitative estimate of drug-likeness (QED) is 0.441. The van der Waals surface area contributed by atoms with E-state index >= 15 is 0 Å². The van der Waals surface area contributed by atoms with Crippen molar-refractivity contribution in [1.82, 2.24) is 4.90 Å². The summed E-state index contributed by atoms with van der Waals surface area (Å²) in [6.45, 7) is 9.34. The second-order valence-corrected chi connectivity index (χ2v) is 6.30. The lowest BCUT2D eigenvalue weighted by atomic mass is 10.0. The molecule has 4 nitrogen and oxygen atoms in total. The lowest BCUT2D eigenvalue weighted by molar-refractivity contribution is 0.325. The molecule has 0 radical (unpaired) electrons. The summed E-state index contributed by atoms with van der Waals surface area (Å²) >= 11 is 0. The van der Waals surface area contributed by atoms with E-state index < -0.39 is 15.4 Å². The molecule has 0 atom stereocenters. The van der Waals surface area contributed by atoms with Gasteiger partial charge in [0.15, 0.2) is 0 Å². The second-order valence-electron chi connectivity index (χ2n) is 4.39. The lowest BCUT2D eigenvalue weighted by Crippen LogP contribution is -2.46. The fourth-order valence-corrected chi connectivity index (χ4v) is 2.27. The van der Waals surface area contributed by atoms with Gasteiger partial charge in [0.2, 0.25) is 15.0 Å². The molecule has 0 aliphatic rings. The lowest BCUT2D eigenvalue weighted by Gasteiger charge is -2.34. The van der Waals surface area contributed by atoms with Gasteiger partial charge < -0.3 is 4.90 Å². The van der Waals surface area contributed by atoms with Crippen LogP contribution < -0.4 is 0 Å². The molecule has 0 aromatic rings. The molecule has 5 heteroatoms. The van der Waals surface area contributed by atoms with E-state index in [-0.39, 0.29) is 5.17 Å². The Balaban J connectivity index is 5.39. The number of sulfone groups is 1. The number of hydrogen-bond acceptors (Lipinski definition) is 3. The highest BCUT2D eigenvalue weighted by Crippen LogP contribution is 2.17. The van der Waals surface area contributed by atoms with Crippen LogP contribution in [-0.4, -0.2) is 37.3 Å². The van der Waals surface area contributed by atoms with Crippen LogP contribution in [0, 0.1) is 0 Å². The molecular formula is C12H22N2O2S. The van der Waals surface area contributed by atoms with Crippen molar-refractivity contribution >= 4 is 15.0 Å². The molecule has 0 aliphatic heterocycles. The zero-order valence-electron chi connectivity index (χ0n) is 11.3. The van der Waals surface area contributed by atoms with Gasteiger partial charge in [0.1, 0.15) is 0 Å². The molecule has 0 saturated carbocycles. The van der Waals surface area contributed by atoms with Crippen LogP contribution in [0.15, 0.2) is 29.9 Å². The molecule has 0 spiro atoms. The monoisotopic (exact) mass is 258 g/mol. The zero-order valence-corrected chi connectivity index (χ0v) is 12.1. The molecule has 0 fully saturated rings. The van der Waals surface area contributed by atoms with Crippen molar-refractivity contribution < 1.29 is 8.42 Å². The summed E-state index contributed by atoms with van der Waals surface area (Å²) in [5.74, 6) is 0. The number of hydrogen-bond donors (Lipinski definition) is 0. The third kappa shape index (κ3) is 4.73. The van der Waals surface area contributed by atoms with Gasteiger partial charge in [-0.15, -0.1) is 0 Å². The van der Waals surface area contributed by atoms with Crippen molar-refractivity contribution in [2.45, 2.75) is 32.7 Å². The zero-order chi connectivity index (χ0) is 13.7. The summed E-state index contributed by atoms with van der Waals surface area (Å²) in [4.78, 5) is 5.49. The van der Waals surface area contributed by atoms with Crippen LogP contribution >= 0.6 is 0 Å². The van der Waals surface area contributed by atoms with Crippen LogP contribution in [-0.2, 0) is 9.84 Å². The molecule has 0 amide bonds. The summed E-state index contributed by atoms with van der Waals surface area (Å²) in [6.07, 6.45) is 7.27. The maximum atomic E-state index is 11.6. The fraction of sp³-hybridized carbons (Fsp3) is 0.583. The standard InChI is InChI=1S/C12H22N2O2S/c1-7-9-10-12(3,4)14(5)11(13-8-2)17(6,15)16/h8-10H,2,7H2,1,3-6H3/b10-9-,13-11+. The van der Waals surface area contributed by atoms with Gasteiger partial charge in [0.25, 0.3) is 0 Å². The van der Waals surface area contributed by atoms with E-state index in [1.165, 1.54) is 6.20 Å². The molecule has 98 valence electrons. The highest BCUT2D eigenvalue weighted by molar-refractivity contribution is 8.05. The SMILES string of the molecule is C=C/N=C(\N(C)C(C)(C)/C=C\CC)S(C)(=O)=O. The molecule has 0 bridgehead atoms. The fourth-order valence-electron chi connectivity index (χ4n) is 1.27. The average Bonchev–Trinajstić information content (AvgIpc) is 2.20. The Hall–Kier alpha value is -1.10. The highest BCUT2D eigenvalue weighted by atomic mass is 32.2. The van der Waals surface area contributed by atoms with Crippen molar-refractivity contribution in [1.29, 1.82) is 0 Å². The number of nitrogens with zero attached hydrogens (tertiary/aromatic N) is 2. The van der Waals surface area contributed by atoms with Crippen LogP contribution in [0.3, 0.4) is 0 Å². The minimum absolute atomic E-state index is 0.0262. The van der Waals surface area contributed by atoms with Gasteiger partial charge in [-0.2, -0.15) is 0 Å². The van der Waals surface area contributed by atoms with Gasteiger partial charge in [0, 0.05) is 19.5 Å². The van der Waals surface area contributed by atoms with E-state index in [2.05, 4.69) is 11.6 Å².